The molecular formula is C10H26O3S4Si. The first-order chi connectivity index (χ1) is 8.51. The highest BCUT2D eigenvalue weighted by Gasteiger charge is 2.45. The van der Waals surface area contributed by atoms with E-state index in [1.54, 1.807) is 0 Å². The Morgan fingerprint density at radius 1 is 1.00 bits per heavy atom. The lowest BCUT2D eigenvalue weighted by Crippen LogP contribution is -2.50. The number of hydrogen-bond donors (Lipinski definition) is 2. The molecule has 3 nitrogen and oxygen atoms in total. The van der Waals surface area contributed by atoms with Crippen LogP contribution in [0.2, 0.25) is 0 Å². The Morgan fingerprint density at radius 3 is 1.72 bits per heavy atom. The van der Waals surface area contributed by atoms with Crippen molar-refractivity contribution in [1.82, 2.24) is 0 Å². The fraction of sp³-hybridized carbons (Fsp3) is 1.00. The van der Waals surface area contributed by atoms with E-state index < -0.39 is 16.9 Å². The van der Waals surface area contributed by atoms with Crippen molar-refractivity contribution in [2.24, 2.45) is 0 Å². The first kappa shape index (κ1) is 19.5. The Bertz CT molecular complexity index is 206. The summed E-state index contributed by atoms with van der Waals surface area (Å²) < 4.78 is 17.6. The van der Waals surface area contributed by atoms with Crippen molar-refractivity contribution in [2.75, 3.05) is 30.9 Å². The molecule has 0 aromatic carbocycles. The molecule has 0 N–H and O–H groups in total. The third-order valence-corrected chi connectivity index (χ3v) is 17.3. The van der Waals surface area contributed by atoms with Crippen molar-refractivity contribution in [3.8, 4) is 0 Å². The summed E-state index contributed by atoms with van der Waals surface area (Å²) in [7, 11) is -2.25. The summed E-state index contributed by atoms with van der Waals surface area (Å²) in [5.74, 6) is 1.03. The smallest absolute Gasteiger partial charge is 0.373 e. The quantitative estimate of drug-likeness (QED) is 0.333. The Labute approximate surface area is 128 Å². The first-order valence-electron chi connectivity index (χ1n) is 6.27. The van der Waals surface area contributed by atoms with Gasteiger partial charge in [-0.1, -0.05) is 6.92 Å². The van der Waals surface area contributed by atoms with Gasteiger partial charge in [0, 0.05) is 19.8 Å². The zero-order valence-corrected chi connectivity index (χ0v) is 16.1. The molecule has 0 aliphatic heterocycles. The molecule has 0 spiro atoms. The van der Waals surface area contributed by atoms with E-state index in [4.69, 9.17) is 24.9 Å². The van der Waals surface area contributed by atoms with Crippen LogP contribution in [0.3, 0.4) is 0 Å². The van der Waals surface area contributed by atoms with E-state index in [1.165, 1.54) is 9.83 Å². The second kappa shape index (κ2) is 10.3. The topological polar surface area (TPSA) is 27.7 Å². The largest absolute Gasteiger partial charge is 0.511 e. The van der Waals surface area contributed by atoms with Gasteiger partial charge < -0.3 is 13.3 Å². The lowest BCUT2D eigenvalue weighted by molar-refractivity contribution is 0.0772. The minimum atomic E-state index is -2.60. The van der Waals surface area contributed by atoms with Gasteiger partial charge in [0.1, 0.15) is 0 Å². The van der Waals surface area contributed by atoms with Crippen LogP contribution in [0, 0.1) is 0 Å². The third kappa shape index (κ3) is 6.78. The maximum atomic E-state index is 5.87. The Hall–Kier alpha value is 1.50. The van der Waals surface area contributed by atoms with E-state index in [0.717, 1.165) is 17.5 Å². The third-order valence-electron chi connectivity index (χ3n) is 2.16. The van der Waals surface area contributed by atoms with Crippen LogP contribution < -0.4 is 0 Å². The molecule has 0 rings (SSSR count). The van der Waals surface area contributed by atoms with E-state index in [9.17, 15) is 0 Å². The van der Waals surface area contributed by atoms with Gasteiger partial charge >= 0.3 is 8.80 Å². The van der Waals surface area contributed by atoms with Gasteiger partial charge in [-0.15, -0.1) is 31.4 Å². The van der Waals surface area contributed by atoms with E-state index in [-0.39, 0.29) is 0 Å². The molecule has 1 atom stereocenters. The van der Waals surface area contributed by atoms with Gasteiger partial charge in [0.05, 0.1) is 5.38 Å². The Morgan fingerprint density at radius 2 is 1.44 bits per heavy atom. The molecular weight excluding hydrogens is 324 g/mol. The fourth-order valence-corrected chi connectivity index (χ4v) is 14.5. The summed E-state index contributed by atoms with van der Waals surface area (Å²) in [6.07, 6.45) is 1.08. The van der Waals surface area contributed by atoms with Crippen LogP contribution in [0.4, 0.5) is 0 Å². The highest BCUT2D eigenvalue weighted by Crippen LogP contribution is 2.67. The summed E-state index contributed by atoms with van der Waals surface area (Å²) in [6, 6.07) is 0. The highest BCUT2D eigenvalue weighted by atomic mass is 33.7. The van der Waals surface area contributed by atoms with E-state index in [0.29, 0.717) is 19.8 Å². The number of rotatable bonds is 11. The molecule has 0 amide bonds. The minimum Gasteiger partial charge on any atom is -0.373 e. The summed E-state index contributed by atoms with van der Waals surface area (Å²) in [5, 5.41) is 0.765. The van der Waals surface area contributed by atoms with Gasteiger partial charge in [0.15, 0.2) is 0 Å². The van der Waals surface area contributed by atoms with E-state index in [2.05, 4.69) is 18.6 Å². The van der Waals surface area contributed by atoms with Crippen molar-refractivity contribution in [3.05, 3.63) is 0 Å². The molecule has 0 radical (unpaired) electrons. The summed E-state index contributed by atoms with van der Waals surface area (Å²) in [6.45, 7) is 9.92. The molecule has 0 aromatic heterocycles. The van der Waals surface area contributed by atoms with Crippen LogP contribution in [0.1, 0.15) is 34.1 Å². The van der Waals surface area contributed by atoms with Crippen molar-refractivity contribution in [2.45, 2.75) is 34.1 Å². The van der Waals surface area contributed by atoms with Crippen LogP contribution in [0.25, 0.3) is 0 Å². The maximum Gasteiger partial charge on any atom is 0.511 e. The van der Waals surface area contributed by atoms with Gasteiger partial charge in [0.2, 0.25) is 0 Å². The summed E-state index contributed by atoms with van der Waals surface area (Å²) in [4.78, 5) is 0. The van der Waals surface area contributed by atoms with Gasteiger partial charge in [-0.3, -0.25) is 0 Å². The SMILES string of the molecule is CCCS(S)(C[Si](OCC)(OCC)OCC)SS. The van der Waals surface area contributed by atoms with Crippen molar-refractivity contribution in [1.29, 1.82) is 0 Å². The minimum absolute atomic E-state index is 0.610. The first-order valence-corrected chi connectivity index (χ1v) is 13.6. The van der Waals surface area contributed by atoms with Crippen LogP contribution in [-0.2, 0) is 13.3 Å². The van der Waals surface area contributed by atoms with Gasteiger partial charge in [0.25, 0.3) is 0 Å². The van der Waals surface area contributed by atoms with Crippen molar-refractivity contribution in [3.63, 3.8) is 0 Å². The molecule has 0 heterocycles. The molecule has 0 bridgehead atoms. The highest BCUT2D eigenvalue weighted by molar-refractivity contribution is 9.34. The molecule has 8 heteroatoms. The molecule has 0 saturated carbocycles. The molecule has 0 aromatic rings. The van der Waals surface area contributed by atoms with Crippen molar-refractivity contribution < 1.29 is 13.3 Å². The predicted octanol–water partition coefficient (Wildman–Crippen LogP) is 4.13. The van der Waals surface area contributed by atoms with Crippen LogP contribution in [0.15, 0.2) is 0 Å². The Balaban J connectivity index is 4.91. The zero-order chi connectivity index (χ0) is 14.1. The van der Waals surface area contributed by atoms with Crippen LogP contribution in [-0.4, -0.2) is 39.8 Å². The lowest BCUT2D eigenvalue weighted by Gasteiger charge is -2.38. The van der Waals surface area contributed by atoms with E-state index in [1.807, 2.05) is 20.8 Å². The van der Waals surface area contributed by atoms with Crippen molar-refractivity contribution >= 4 is 50.0 Å². The lowest BCUT2D eigenvalue weighted by atomic mass is 10.6. The van der Waals surface area contributed by atoms with Gasteiger partial charge in [-0.05, 0) is 42.8 Å². The maximum absolute atomic E-state index is 5.87. The predicted molar refractivity (Wildman–Crippen MR) is 93.8 cm³/mol. The summed E-state index contributed by atoms with van der Waals surface area (Å²) >= 11 is 9.22. The van der Waals surface area contributed by atoms with Crippen LogP contribution in [0.5, 0.6) is 0 Å². The monoisotopic (exact) mass is 350 g/mol. The average Bonchev–Trinajstić information content (AvgIpc) is 2.30. The fourth-order valence-electron chi connectivity index (χ4n) is 1.64. The summed E-state index contributed by atoms with van der Waals surface area (Å²) in [5.41, 5.74) is 0. The van der Waals surface area contributed by atoms with Gasteiger partial charge in [-0.25, -0.2) is 0 Å². The molecule has 0 aliphatic rings. The number of hydrogen-bond acceptors (Lipinski definition) is 6. The zero-order valence-electron chi connectivity index (χ0n) is 11.7. The molecule has 1 unspecified atom stereocenters. The number of thiol groups is 2. The molecule has 0 saturated heterocycles. The second-order valence-electron chi connectivity index (χ2n) is 3.68. The Kier molecular flexibility index (Phi) is 11.1. The molecule has 0 fully saturated rings. The molecule has 112 valence electrons. The van der Waals surface area contributed by atoms with Crippen LogP contribution >= 0.6 is 41.2 Å². The standard InChI is InChI=1S/C10H26O3S4Si/c1-5-9-17(15,16-14)10-18(11-6-2,12-7-3)13-8-4/h14-15H,5-10H2,1-4H3. The van der Waals surface area contributed by atoms with E-state index >= 15 is 0 Å². The van der Waals surface area contributed by atoms with Gasteiger partial charge in [-0.2, -0.15) is 0 Å². The average molecular weight is 351 g/mol. The molecule has 0 aliphatic carbocycles. The normalized spacial score (nSPS) is 17.4. The second-order valence-corrected chi connectivity index (χ2v) is 15.7. The molecule has 18 heavy (non-hydrogen) atoms.